The van der Waals surface area contributed by atoms with Gasteiger partial charge in [0.2, 0.25) is 0 Å². The minimum absolute atomic E-state index is 0.0480. The smallest absolute Gasteiger partial charge is 0.333 e. The van der Waals surface area contributed by atoms with E-state index in [4.69, 9.17) is 4.74 Å². The number of para-hydroxylation sites is 1. The Labute approximate surface area is 174 Å². The molecule has 7 heteroatoms. The Morgan fingerprint density at radius 1 is 1.10 bits per heavy atom. The summed E-state index contributed by atoms with van der Waals surface area (Å²) in [7, 11) is 1.39. The molecular formula is C23H22N2O5. The van der Waals surface area contributed by atoms with Gasteiger partial charge in [0.05, 0.1) is 12.0 Å². The molecule has 154 valence electrons. The molecule has 2 aromatic rings. The summed E-state index contributed by atoms with van der Waals surface area (Å²) in [6.07, 6.45) is 5.01. The maximum Gasteiger partial charge on any atom is 0.333 e. The number of hydrogen-bond acceptors (Lipinski definition) is 5. The van der Waals surface area contributed by atoms with Gasteiger partial charge < -0.3 is 9.64 Å². The van der Waals surface area contributed by atoms with Gasteiger partial charge >= 0.3 is 5.97 Å². The van der Waals surface area contributed by atoms with Crippen LogP contribution in [0.15, 0.2) is 60.2 Å². The second-order valence-electron chi connectivity index (χ2n) is 7.84. The molecule has 1 aliphatic heterocycles. The van der Waals surface area contributed by atoms with Crippen LogP contribution >= 0.6 is 0 Å². The number of nitrogens with zero attached hydrogens (tertiary/aromatic N) is 2. The first-order valence-electron chi connectivity index (χ1n) is 9.87. The van der Waals surface area contributed by atoms with Crippen molar-refractivity contribution in [1.29, 1.82) is 0 Å². The third kappa shape index (κ3) is 3.58. The number of carbonyl (C=O) groups is 2. The molecule has 2 aromatic carbocycles. The first-order valence-corrected chi connectivity index (χ1v) is 9.87. The number of fused-ring (bicyclic) bond motifs is 1. The molecule has 1 unspecified atom stereocenters. The van der Waals surface area contributed by atoms with Crippen molar-refractivity contribution in [3.63, 3.8) is 0 Å². The van der Waals surface area contributed by atoms with Crippen LogP contribution in [0.4, 0.5) is 11.4 Å². The van der Waals surface area contributed by atoms with Crippen LogP contribution < -0.4 is 4.90 Å². The van der Waals surface area contributed by atoms with Gasteiger partial charge in [0.15, 0.2) is 0 Å². The third-order valence-electron chi connectivity index (χ3n) is 6.05. The SMILES string of the molecule is COC(=O)C1=CC2(CC1)CCN(C(=O)c1ccc([N+](=O)[O-])cc1)c1ccccc1C2. The average Bonchev–Trinajstić information content (AvgIpc) is 3.10. The Morgan fingerprint density at radius 2 is 1.83 bits per heavy atom. The van der Waals surface area contributed by atoms with Gasteiger partial charge in [-0.2, -0.15) is 0 Å². The molecule has 1 atom stereocenters. The van der Waals surface area contributed by atoms with E-state index in [1.165, 1.54) is 31.4 Å². The number of anilines is 1. The summed E-state index contributed by atoms with van der Waals surface area (Å²) >= 11 is 0. The fraction of sp³-hybridized carbons (Fsp3) is 0.304. The first-order chi connectivity index (χ1) is 14.4. The van der Waals surface area contributed by atoms with E-state index in [1.54, 1.807) is 4.90 Å². The third-order valence-corrected chi connectivity index (χ3v) is 6.05. The summed E-state index contributed by atoms with van der Waals surface area (Å²) in [5, 5.41) is 10.9. The summed E-state index contributed by atoms with van der Waals surface area (Å²) in [5.74, 6) is -0.479. The molecule has 0 fully saturated rings. The molecule has 4 rings (SSSR count). The molecule has 1 spiro atoms. The van der Waals surface area contributed by atoms with Gasteiger partial charge in [0.1, 0.15) is 0 Å². The van der Waals surface area contributed by atoms with Crippen LogP contribution in [-0.4, -0.2) is 30.5 Å². The van der Waals surface area contributed by atoms with E-state index in [0.29, 0.717) is 24.1 Å². The Balaban J connectivity index is 1.67. The monoisotopic (exact) mass is 406 g/mol. The fourth-order valence-corrected chi connectivity index (χ4v) is 4.46. The molecule has 0 saturated carbocycles. The number of amides is 1. The highest BCUT2D eigenvalue weighted by Gasteiger charge is 2.39. The Kier molecular flexibility index (Phi) is 5.11. The molecule has 0 bridgehead atoms. The molecule has 1 amide bonds. The lowest BCUT2D eigenvalue weighted by Gasteiger charge is -2.26. The standard InChI is InChI=1S/C23H22N2O5/c1-30-22(27)18-10-11-23(15-18)12-13-24(20-5-3-2-4-17(20)14-23)21(26)16-6-8-19(9-7-16)25(28)29/h2-9,15H,10-14H2,1H3. The number of non-ortho nitro benzene ring substituents is 1. The highest BCUT2D eigenvalue weighted by atomic mass is 16.6. The maximum absolute atomic E-state index is 13.3. The molecule has 1 aliphatic carbocycles. The molecule has 1 heterocycles. The highest BCUT2D eigenvalue weighted by Crippen LogP contribution is 2.46. The van der Waals surface area contributed by atoms with Crippen molar-refractivity contribution in [2.24, 2.45) is 5.41 Å². The zero-order valence-corrected chi connectivity index (χ0v) is 16.7. The van der Waals surface area contributed by atoms with E-state index in [1.807, 2.05) is 30.3 Å². The van der Waals surface area contributed by atoms with Crippen molar-refractivity contribution < 1.29 is 19.2 Å². The largest absolute Gasteiger partial charge is 0.466 e. The van der Waals surface area contributed by atoms with E-state index < -0.39 is 4.92 Å². The highest BCUT2D eigenvalue weighted by molar-refractivity contribution is 6.06. The van der Waals surface area contributed by atoms with E-state index in [2.05, 4.69) is 0 Å². The predicted octanol–water partition coefficient (Wildman–Crippen LogP) is 4.07. The topological polar surface area (TPSA) is 89.8 Å². The lowest BCUT2D eigenvalue weighted by molar-refractivity contribution is -0.384. The minimum atomic E-state index is -0.482. The predicted molar refractivity (Wildman–Crippen MR) is 111 cm³/mol. The number of allylic oxidation sites excluding steroid dienone is 1. The normalized spacial score (nSPS) is 20.3. The number of esters is 1. The Hall–Kier alpha value is -3.48. The number of hydrogen-bond donors (Lipinski definition) is 0. The van der Waals surface area contributed by atoms with Gasteiger partial charge in [-0.15, -0.1) is 0 Å². The van der Waals surface area contributed by atoms with Gasteiger partial charge in [-0.25, -0.2) is 4.79 Å². The van der Waals surface area contributed by atoms with Crippen LogP contribution in [0.25, 0.3) is 0 Å². The van der Waals surface area contributed by atoms with Crippen LogP contribution in [0.5, 0.6) is 0 Å². The zero-order chi connectivity index (χ0) is 21.3. The molecule has 0 aromatic heterocycles. The lowest BCUT2D eigenvalue weighted by atomic mass is 9.79. The zero-order valence-electron chi connectivity index (χ0n) is 16.7. The van der Waals surface area contributed by atoms with Gasteiger partial charge in [-0.05, 0) is 54.9 Å². The number of nitro groups is 1. The van der Waals surface area contributed by atoms with E-state index >= 15 is 0 Å². The van der Waals surface area contributed by atoms with Crippen molar-refractivity contribution >= 4 is 23.3 Å². The van der Waals surface area contributed by atoms with Crippen LogP contribution in [0.1, 0.15) is 35.2 Å². The number of ether oxygens (including phenoxy) is 1. The van der Waals surface area contributed by atoms with Crippen LogP contribution in [0.3, 0.4) is 0 Å². The summed E-state index contributed by atoms with van der Waals surface area (Å²) in [6.45, 7) is 0.498. The van der Waals surface area contributed by atoms with Crippen LogP contribution in [0, 0.1) is 15.5 Å². The molecular weight excluding hydrogens is 384 g/mol. The number of methoxy groups -OCH3 is 1. The molecule has 2 aliphatic rings. The number of rotatable bonds is 3. The van der Waals surface area contributed by atoms with E-state index in [-0.39, 0.29) is 23.0 Å². The van der Waals surface area contributed by atoms with Gasteiger partial charge in [-0.1, -0.05) is 24.3 Å². The van der Waals surface area contributed by atoms with Crippen molar-refractivity contribution in [2.45, 2.75) is 25.7 Å². The van der Waals surface area contributed by atoms with Crippen molar-refractivity contribution in [1.82, 2.24) is 0 Å². The Bertz CT molecular complexity index is 1040. The fourth-order valence-electron chi connectivity index (χ4n) is 4.46. The molecule has 30 heavy (non-hydrogen) atoms. The summed E-state index contributed by atoms with van der Waals surface area (Å²) in [4.78, 5) is 37.5. The van der Waals surface area contributed by atoms with Crippen molar-refractivity contribution in [2.75, 3.05) is 18.6 Å². The number of nitro benzene ring substituents is 1. The van der Waals surface area contributed by atoms with E-state index in [9.17, 15) is 19.7 Å². The second kappa shape index (κ2) is 7.74. The van der Waals surface area contributed by atoms with Gasteiger partial charge in [0.25, 0.3) is 11.6 Å². The molecule has 0 saturated heterocycles. The summed E-state index contributed by atoms with van der Waals surface area (Å²) in [6, 6.07) is 13.5. The molecule has 0 N–H and O–H groups in total. The number of benzene rings is 2. The van der Waals surface area contributed by atoms with E-state index in [0.717, 1.165) is 30.5 Å². The van der Waals surface area contributed by atoms with Crippen LogP contribution in [-0.2, 0) is 16.0 Å². The Morgan fingerprint density at radius 3 is 2.53 bits per heavy atom. The minimum Gasteiger partial charge on any atom is -0.466 e. The second-order valence-corrected chi connectivity index (χ2v) is 7.84. The van der Waals surface area contributed by atoms with Gasteiger partial charge in [0, 0.05) is 35.5 Å². The summed E-state index contributed by atoms with van der Waals surface area (Å²) < 4.78 is 4.89. The maximum atomic E-state index is 13.3. The van der Waals surface area contributed by atoms with Crippen molar-refractivity contribution in [3.8, 4) is 0 Å². The average molecular weight is 406 g/mol. The number of carbonyl (C=O) groups excluding carboxylic acids is 2. The molecule has 7 nitrogen and oxygen atoms in total. The lowest BCUT2D eigenvalue weighted by Crippen LogP contribution is -2.33. The summed E-state index contributed by atoms with van der Waals surface area (Å²) in [5.41, 5.74) is 2.76. The molecule has 0 radical (unpaired) electrons. The van der Waals surface area contributed by atoms with Gasteiger partial charge in [-0.3, -0.25) is 14.9 Å². The van der Waals surface area contributed by atoms with Crippen LogP contribution in [0.2, 0.25) is 0 Å². The first kappa shape index (κ1) is 19.8. The van der Waals surface area contributed by atoms with Crippen molar-refractivity contribution in [3.05, 3.63) is 81.4 Å². The quantitative estimate of drug-likeness (QED) is 0.435.